The van der Waals surface area contributed by atoms with E-state index in [1.807, 2.05) is 26.0 Å². The van der Waals surface area contributed by atoms with Crippen LogP contribution in [0.25, 0.3) is 0 Å². The molecule has 0 saturated carbocycles. The van der Waals surface area contributed by atoms with Crippen molar-refractivity contribution in [3.63, 3.8) is 0 Å². The number of aryl methyl sites for hydroxylation is 2. The molecule has 2 N–H and O–H groups in total. The van der Waals surface area contributed by atoms with Gasteiger partial charge in [-0.1, -0.05) is 6.07 Å². The van der Waals surface area contributed by atoms with Gasteiger partial charge in [0.25, 0.3) is 0 Å². The molecule has 0 atom stereocenters. The standard InChI is InChI=1S/C11H17NO3S/c1-8-6-9(2)11(10(12)7-8)15-4-5-16(3,13)14/h6-7H,4-5,12H2,1-3H3. The lowest BCUT2D eigenvalue weighted by atomic mass is 10.1. The molecule has 0 heterocycles. The second-order valence-corrected chi connectivity index (χ2v) is 6.24. The molecular formula is C11H17NO3S. The van der Waals surface area contributed by atoms with Crippen LogP contribution >= 0.6 is 0 Å². The van der Waals surface area contributed by atoms with Gasteiger partial charge in [-0.2, -0.15) is 0 Å². The minimum atomic E-state index is -2.99. The maximum Gasteiger partial charge on any atom is 0.150 e. The van der Waals surface area contributed by atoms with Crippen LogP contribution in [0.3, 0.4) is 0 Å². The fraction of sp³-hybridized carbons (Fsp3) is 0.455. The van der Waals surface area contributed by atoms with Crippen molar-refractivity contribution in [3.8, 4) is 5.75 Å². The van der Waals surface area contributed by atoms with Crippen molar-refractivity contribution in [1.29, 1.82) is 0 Å². The molecule has 1 aromatic rings. The summed E-state index contributed by atoms with van der Waals surface area (Å²) in [6, 6.07) is 3.76. The van der Waals surface area contributed by atoms with Crippen molar-refractivity contribution in [2.45, 2.75) is 13.8 Å². The van der Waals surface area contributed by atoms with Gasteiger partial charge in [0.1, 0.15) is 12.4 Å². The lowest BCUT2D eigenvalue weighted by molar-refractivity contribution is 0.340. The van der Waals surface area contributed by atoms with Gasteiger partial charge in [0.15, 0.2) is 9.84 Å². The fourth-order valence-corrected chi connectivity index (χ4v) is 1.87. The summed E-state index contributed by atoms with van der Waals surface area (Å²) in [5.74, 6) is 0.578. The number of sulfone groups is 1. The maximum atomic E-state index is 10.9. The molecular weight excluding hydrogens is 226 g/mol. The summed E-state index contributed by atoms with van der Waals surface area (Å²) < 4.78 is 27.3. The smallest absolute Gasteiger partial charge is 0.150 e. The van der Waals surface area contributed by atoms with E-state index in [4.69, 9.17) is 10.5 Å². The fourth-order valence-electron chi connectivity index (χ4n) is 1.48. The van der Waals surface area contributed by atoms with Crippen LogP contribution in [0.1, 0.15) is 11.1 Å². The Morgan fingerprint density at radius 2 is 1.94 bits per heavy atom. The Hall–Kier alpha value is -1.23. The summed E-state index contributed by atoms with van der Waals surface area (Å²) in [6.45, 7) is 3.97. The van der Waals surface area contributed by atoms with E-state index in [0.717, 1.165) is 11.1 Å². The Balaban J connectivity index is 2.75. The molecule has 0 spiro atoms. The van der Waals surface area contributed by atoms with Crippen molar-refractivity contribution >= 4 is 15.5 Å². The molecule has 0 unspecified atom stereocenters. The summed E-state index contributed by atoms with van der Waals surface area (Å²) >= 11 is 0. The van der Waals surface area contributed by atoms with Gasteiger partial charge >= 0.3 is 0 Å². The number of benzene rings is 1. The van der Waals surface area contributed by atoms with Gasteiger partial charge in [0.05, 0.1) is 11.4 Å². The lowest BCUT2D eigenvalue weighted by Gasteiger charge is -2.12. The monoisotopic (exact) mass is 243 g/mol. The molecule has 90 valence electrons. The maximum absolute atomic E-state index is 10.9. The van der Waals surface area contributed by atoms with Crippen molar-refractivity contribution < 1.29 is 13.2 Å². The van der Waals surface area contributed by atoms with Gasteiger partial charge in [-0.05, 0) is 31.0 Å². The summed E-state index contributed by atoms with van der Waals surface area (Å²) in [6.07, 6.45) is 1.18. The summed E-state index contributed by atoms with van der Waals surface area (Å²) in [5, 5.41) is 0. The number of nitrogen functional groups attached to an aromatic ring is 1. The van der Waals surface area contributed by atoms with Gasteiger partial charge in [-0.25, -0.2) is 8.42 Å². The van der Waals surface area contributed by atoms with Gasteiger partial charge < -0.3 is 10.5 Å². The molecule has 16 heavy (non-hydrogen) atoms. The zero-order valence-corrected chi connectivity index (χ0v) is 10.6. The third-order valence-corrected chi connectivity index (χ3v) is 3.06. The third kappa shape index (κ3) is 3.73. The van der Waals surface area contributed by atoms with Crippen molar-refractivity contribution in [2.75, 3.05) is 24.3 Å². The van der Waals surface area contributed by atoms with E-state index in [0.29, 0.717) is 11.4 Å². The highest BCUT2D eigenvalue weighted by molar-refractivity contribution is 7.90. The molecule has 0 saturated heterocycles. The van der Waals surface area contributed by atoms with Crippen molar-refractivity contribution in [2.24, 2.45) is 0 Å². The Kier molecular flexibility index (Phi) is 3.80. The predicted molar refractivity (Wildman–Crippen MR) is 65.5 cm³/mol. The first-order valence-corrected chi connectivity index (χ1v) is 7.03. The molecule has 4 nitrogen and oxygen atoms in total. The van der Waals surface area contributed by atoms with Crippen LogP contribution < -0.4 is 10.5 Å². The molecule has 1 aromatic carbocycles. The van der Waals surface area contributed by atoms with Gasteiger partial charge in [-0.3, -0.25) is 0 Å². The van der Waals surface area contributed by atoms with Crippen molar-refractivity contribution in [3.05, 3.63) is 23.3 Å². The van der Waals surface area contributed by atoms with Crippen LogP contribution in [0.15, 0.2) is 12.1 Å². The molecule has 0 amide bonds. The predicted octanol–water partition coefficient (Wildman–Crippen LogP) is 1.31. The van der Waals surface area contributed by atoms with Crippen LogP contribution in [0.4, 0.5) is 5.69 Å². The molecule has 0 aliphatic heterocycles. The number of ether oxygens (including phenoxy) is 1. The number of anilines is 1. The van der Waals surface area contributed by atoms with E-state index < -0.39 is 9.84 Å². The van der Waals surface area contributed by atoms with Crippen LogP contribution in [0.5, 0.6) is 5.75 Å². The molecule has 0 aromatic heterocycles. The Morgan fingerprint density at radius 1 is 1.31 bits per heavy atom. The molecule has 0 aliphatic rings. The van der Waals surface area contributed by atoms with E-state index in [1.165, 1.54) is 6.26 Å². The molecule has 1 rings (SSSR count). The van der Waals surface area contributed by atoms with E-state index in [1.54, 1.807) is 0 Å². The number of rotatable bonds is 4. The van der Waals surface area contributed by atoms with E-state index in [2.05, 4.69) is 0 Å². The quantitative estimate of drug-likeness (QED) is 0.809. The number of nitrogens with two attached hydrogens (primary N) is 1. The highest BCUT2D eigenvalue weighted by Crippen LogP contribution is 2.27. The molecule has 0 aliphatic carbocycles. The minimum absolute atomic E-state index is 0.000242. The van der Waals surface area contributed by atoms with Gasteiger partial charge in [0, 0.05) is 6.26 Å². The molecule has 5 heteroatoms. The van der Waals surface area contributed by atoms with Gasteiger partial charge in [-0.15, -0.1) is 0 Å². The zero-order valence-electron chi connectivity index (χ0n) is 9.78. The summed E-state index contributed by atoms with van der Waals surface area (Å²) in [4.78, 5) is 0. The first-order chi connectivity index (χ1) is 7.29. The van der Waals surface area contributed by atoms with E-state index >= 15 is 0 Å². The molecule has 0 bridgehead atoms. The number of hydrogen-bond acceptors (Lipinski definition) is 4. The lowest BCUT2D eigenvalue weighted by Crippen LogP contribution is -2.13. The second-order valence-electron chi connectivity index (χ2n) is 3.98. The Labute approximate surface area is 96.3 Å². The van der Waals surface area contributed by atoms with Crippen LogP contribution in [-0.2, 0) is 9.84 Å². The third-order valence-electron chi connectivity index (χ3n) is 2.15. The normalized spacial score (nSPS) is 11.4. The summed E-state index contributed by atoms with van der Waals surface area (Å²) in [5.41, 5.74) is 8.33. The largest absolute Gasteiger partial charge is 0.490 e. The molecule has 0 fully saturated rings. The Bertz CT molecular complexity index is 457. The van der Waals surface area contributed by atoms with E-state index in [9.17, 15) is 8.42 Å². The topological polar surface area (TPSA) is 69.4 Å². The van der Waals surface area contributed by atoms with Gasteiger partial charge in [0.2, 0.25) is 0 Å². The minimum Gasteiger partial charge on any atom is -0.490 e. The highest BCUT2D eigenvalue weighted by Gasteiger charge is 2.07. The first kappa shape index (κ1) is 12.8. The van der Waals surface area contributed by atoms with Crippen LogP contribution in [0, 0.1) is 13.8 Å². The first-order valence-electron chi connectivity index (χ1n) is 4.97. The zero-order chi connectivity index (χ0) is 12.3. The highest BCUT2D eigenvalue weighted by atomic mass is 32.2. The molecule has 0 radical (unpaired) electrons. The number of hydrogen-bond donors (Lipinski definition) is 1. The average molecular weight is 243 g/mol. The average Bonchev–Trinajstić information content (AvgIpc) is 2.07. The van der Waals surface area contributed by atoms with Crippen LogP contribution in [0.2, 0.25) is 0 Å². The van der Waals surface area contributed by atoms with Crippen molar-refractivity contribution in [1.82, 2.24) is 0 Å². The SMILES string of the molecule is Cc1cc(C)c(OCCS(C)(=O)=O)c(N)c1. The summed E-state index contributed by atoms with van der Waals surface area (Å²) in [7, 11) is -2.99. The Morgan fingerprint density at radius 3 is 2.44 bits per heavy atom. The van der Waals surface area contributed by atoms with E-state index in [-0.39, 0.29) is 12.4 Å². The van der Waals surface area contributed by atoms with Crippen LogP contribution in [-0.4, -0.2) is 27.0 Å². The second kappa shape index (κ2) is 4.74.